The second-order valence-corrected chi connectivity index (χ2v) is 5.35. The summed E-state index contributed by atoms with van der Waals surface area (Å²) in [4.78, 5) is 31.9. The summed E-state index contributed by atoms with van der Waals surface area (Å²) in [6.45, 7) is 9.14. The smallest absolute Gasteiger partial charge is 0.326 e. The van der Waals surface area contributed by atoms with Crippen molar-refractivity contribution in [1.29, 1.82) is 0 Å². The van der Waals surface area contributed by atoms with Crippen molar-refractivity contribution in [2.45, 2.75) is 32.2 Å². The molecule has 0 aliphatic heterocycles. The van der Waals surface area contributed by atoms with Crippen LogP contribution in [0.15, 0.2) is 42.5 Å². The number of nitrogens with zero attached hydrogens (tertiary/aromatic N) is 1. The number of nitro groups is 1. The fourth-order valence-electron chi connectivity index (χ4n) is 1.84. The monoisotopic (exact) mass is 332 g/mol. The topological polar surface area (TPSA) is 110 Å². The minimum atomic E-state index is -1.03. The molecule has 0 aromatic heterocycles. The summed E-state index contributed by atoms with van der Waals surface area (Å²) < 4.78 is 0. The first-order valence-electron chi connectivity index (χ1n) is 7.39. The van der Waals surface area contributed by atoms with Gasteiger partial charge < -0.3 is 10.4 Å². The van der Waals surface area contributed by atoms with Crippen LogP contribution in [0.3, 0.4) is 0 Å². The first-order chi connectivity index (χ1) is 11.3. The number of anilines is 1. The van der Waals surface area contributed by atoms with E-state index in [4.69, 9.17) is 5.11 Å². The summed E-state index contributed by atoms with van der Waals surface area (Å²) in [7, 11) is 0. The molecule has 0 amide bonds. The Kier molecular flexibility index (Phi) is 6.85. The van der Waals surface area contributed by atoms with Crippen molar-refractivity contribution in [2.24, 2.45) is 0 Å². The fraction of sp³-hybridized carbons (Fsp3) is 0.294. The highest BCUT2D eigenvalue weighted by atomic mass is 16.6. The summed E-state index contributed by atoms with van der Waals surface area (Å²) in [6.07, 6.45) is 2.60. The molecule has 1 unspecified atom stereocenters. The highest BCUT2D eigenvalue weighted by molar-refractivity contribution is 5.87. The molecule has 128 valence electrons. The van der Waals surface area contributed by atoms with E-state index in [2.05, 4.69) is 18.5 Å². The lowest BCUT2D eigenvalue weighted by atomic mass is 10.1. The number of nitro benzene ring substituents is 1. The van der Waals surface area contributed by atoms with Crippen LogP contribution in [0.5, 0.6) is 0 Å². The molecule has 0 saturated heterocycles. The molecule has 1 aliphatic carbocycles. The predicted molar refractivity (Wildman–Crippen MR) is 91.3 cm³/mol. The Morgan fingerprint density at radius 1 is 1.46 bits per heavy atom. The quantitative estimate of drug-likeness (QED) is 0.449. The minimum Gasteiger partial charge on any atom is -0.480 e. The van der Waals surface area contributed by atoms with Crippen LogP contribution in [-0.4, -0.2) is 28.3 Å². The van der Waals surface area contributed by atoms with Gasteiger partial charge in [-0.1, -0.05) is 26.5 Å². The molecule has 1 saturated carbocycles. The number of carbonyl (C=O) groups is 2. The molecular formula is C17H20N2O5. The van der Waals surface area contributed by atoms with E-state index in [-0.39, 0.29) is 16.9 Å². The molecular weight excluding hydrogens is 312 g/mol. The third kappa shape index (κ3) is 5.68. The summed E-state index contributed by atoms with van der Waals surface area (Å²) in [5.41, 5.74) is 2.59. The molecule has 1 atom stereocenters. The number of carboxylic acids is 1. The van der Waals surface area contributed by atoms with Crippen LogP contribution in [-0.2, 0) is 4.79 Å². The Labute approximate surface area is 139 Å². The van der Waals surface area contributed by atoms with Crippen molar-refractivity contribution in [3.8, 4) is 0 Å². The third-order valence-electron chi connectivity index (χ3n) is 3.38. The highest BCUT2D eigenvalue weighted by Gasteiger charge is 2.18. The van der Waals surface area contributed by atoms with E-state index in [1.807, 2.05) is 6.92 Å². The summed E-state index contributed by atoms with van der Waals surface area (Å²) in [5, 5.41) is 22.3. The SMILES string of the molecule is C=C1CC1=C.CCCC(Nc1ccc([N+](=O)[O-])cc1C=O)C(=O)O. The van der Waals surface area contributed by atoms with Crippen LogP contribution in [0.25, 0.3) is 0 Å². The largest absolute Gasteiger partial charge is 0.480 e. The number of rotatable bonds is 7. The van der Waals surface area contributed by atoms with Crippen LogP contribution in [0.1, 0.15) is 36.5 Å². The van der Waals surface area contributed by atoms with Crippen LogP contribution in [0.4, 0.5) is 11.4 Å². The maximum atomic E-state index is 11.0. The summed E-state index contributed by atoms with van der Waals surface area (Å²) >= 11 is 0. The Morgan fingerprint density at radius 3 is 2.42 bits per heavy atom. The van der Waals surface area contributed by atoms with Gasteiger partial charge in [-0.05, 0) is 30.1 Å². The number of non-ortho nitro benzene ring substituents is 1. The van der Waals surface area contributed by atoms with Gasteiger partial charge in [-0.25, -0.2) is 4.79 Å². The number of carboxylic acid groups (broad SMARTS) is 1. The van der Waals surface area contributed by atoms with Gasteiger partial charge in [-0.2, -0.15) is 0 Å². The minimum absolute atomic E-state index is 0.0663. The maximum absolute atomic E-state index is 11.0. The van der Waals surface area contributed by atoms with Gasteiger partial charge in [-0.3, -0.25) is 14.9 Å². The summed E-state index contributed by atoms with van der Waals surface area (Å²) in [6, 6.07) is 2.85. The van der Waals surface area contributed by atoms with E-state index in [9.17, 15) is 19.7 Å². The molecule has 2 rings (SSSR count). The zero-order valence-electron chi connectivity index (χ0n) is 13.4. The van der Waals surface area contributed by atoms with Gasteiger partial charge in [0.1, 0.15) is 6.04 Å². The van der Waals surface area contributed by atoms with Gasteiger partial charge in [-0.15, -0.1) is 0 Å². The molecule has 7 nitrogen and oxygen atoms in total. The van der Waals surface area contributed by atoms with Gasteiger partial charge in [0.2, 0.25) is 0 Å². The number of allylic oxidation sites excluding steroid dienone is 2. The zero-order chi connectivity index (χ0) is 18.3. The second-order valence-electron chi connectivity index (χ2n) is 5.35. The number of aliphatic carboxylic acids is 1. The van der Waals surface area contributed by atoms with E-state index in [1.165, 1.54) is 23.3 Å². The standard InChI is InChI=1S/C12H14N2O5.C5H6/c1-2-3-11(12(16)17)13-10-5-4-9(14(18)19)6-8(10)7-15;1-4-3-5(4)2/h4-7,11,13H,2-3H2,1H3,(H,16,17);1-3H2. The Balaban J connectivity index is 0.000000488. The number of benzene rings is 1. The number of nitrogens with one attached hydrogen (secondary N) is 1. The van der Waals surface area contributed by atoms with Gasteiger partial charge >= 0.3 is 5.97 Å². The molecule has 1 aromatic rings. The van der Waals surface area contributed by atoms with Crippen LogP contribution >= 0.6 is 0 Å². The number of aldehydes is 1. The van der Waals surface area contributed by atoms with Gasteiger partial charge in [0.05, 0.1) is 4.92 Å². The molecule has 1 aliphatic rings. The molecule has 1 fully saturated rings. The fourth-order valence-corrected chi connectivity index (χ4v) is 1.84. The van der Waals surface area contributed by atoms with Crippen molar-refractivity contribution in [2.75, 3.05) is 5.32 Å². The van der Waals surface area contributed by atoms with Gasteiger partial charge in [0.15, 0.2) is 6.29 Å². The van der Waals surface area contributed by atoms with Crippen LogP contribution < -0.4 is 5.32 Å². The maximum Gasteiger partial charge on any atom is 0.326 e. The third-order valence-corrected chi connectivity index (χ3v) is 3.38. The van der Waals surface area contributed by atoms with E-state index in [0.29, 0.717) is 19.1 Å². The Hall–Kier alpha value is -2.96. The lowest BCUT2D eigenvalue weighted by molar-refractivity contribution is -0.384. The summed E-state index contributed by atoms with van der Waals surface area (Å²) in [5.74, 6) is -1.03. The van der Waals surface area contributed by atoms with E-state index in [0.717, 1.165) is 12.5 Å². The van der Waals surface area contributed by atoms with E-state index >= 15 is 0 Å². The van der Waals surface area contributed by atoms with Gasteiger partial charge in [0.25, 0.3) is 5.69 Å². The van der Waals surface area contributed by atoms with Crippen molar-refractivity contribution in [3.63, 3.8) is 0 Å². The van der Waals surface area contributed by atoms with Crippen molar-refractivity contribution in [1.82, 2.24) is 0 Å². The first-order valence-corrected chi connectivity index (χ1v) is 7.39. The Bertz CT molecular complexity index is 670. The molecule has 1 aromatic carbocycles. The lowest BCUT2D eigenvalue weighted by Gasteiger charge is -2.16. The van der Waals surface area contributed by atoms with Crippen LogP contribution in [0, 0.1) is 10.1 Å². The molecule has 0 bridgehead atoms. The molecule has 7 heteroatoms. The number of hydrogen-bond donors (Lipinski definition) is 2. The molecule has 0 radical (unpaired) electrons. The average Bonchev–Trinajstić information content (AvgIpc) is 3.19. The normalized spacial score (nSPS) is 13.4. The van der Waals surface area contributed by atoms with Crippen LogP contribution in [0.2, 0.25) is 0 Å². The van der Waals surface area contributed by atoms with Crippen molar-refractivity contribution < 1.29 is 19.6 Å². The predicted octanol–water partition coefficient (Wildman–Crippen LogP) is 3.58. The highest BCUT2D eigenvalue weighted by Crippen LogP contribution is 2.31. The lowest BCUT2D eigenvalue weighted by Crippen LogP contribution is -2.29. The molecule has 2 N–H and O–H groups in total. The van der Waals surface area contributed by atoms with Crippen molar-refractivity contribution in [3.05, 3.63) is 58.2 Å². The van der Waals surface area contributed by atoms with E-state index < -0.39 is 16.9 Å². The van der Waals surface area contributed by atoms with Gasteiger partial charge in [0, 0.05) is 23.4 Å². The number of carbonyl (C=O) groups excluding carboxylic acids is 1. The number of hydrogen-bond acceptors (Lipinski definition) is 5. The molecule has 0 heterocycles. The zero-order valence-corrected chi connectivity index (χ0v) is 13.4. The molecule has 0 spiro atoms. The molecule has 24 heavy (non-hydrogen) atoms. The Morgan fingerprint density at radius 2 is 2.04 bits per heavy atom. The average molecular weight is 332 g/mol. The van der Waals surface area contributed by atoms with Crippen molar-refractivity contribution >= 4 is 23.6 Å². The first kappa shape index (κ1) is 19.1. The second kappa shape index (κ2) is 8.61. The van der Waals surface area contributed by atoms with E-state index in [1.54, 1.807) is 0 Å².